The molecular formula is C15H12ClFN2O. The second-order valence-corrected chi connectivity index (χ2v) is 4.60. The van der Waals surface area contributed by atoms with E-state index in [2.05, 4.69) is 4.98 Å². The Morgan fingerprint density at radius 1 is 1.25 bits per heavy atom. The first-order chi connectivity index (χ1) is 9.72. The van der Waals surface area contributed by atoms with E-state index in [4.69, 9.17) is 16.3 Å². The van der Waals surface area contributed by atoms with Gasteiger partial charge in [0.25, 0.3) is 0 Å². The molecule has 0 saturated heterocycles. The van der Waals surface area contributed by atoms with Crippen molar-refractivity contribution in [2.45, 2.75) is 5.88 Å². The van der Waals surface area contributed by atoms with Crippen LogP contribution in [0.15, 0.2) is 42.5 Å². The molecule has 0 aliphatic rings. The highest BCUT2D eigenvalue weighted by Crippen LogP contribution is 2.25. The van der Waals surface area contributed by atoms with Gasteiger partial charge in [0.05, 0.1) is 29.7 Å². The van der Waals surface area contributed by atoms with Crippen LogP contribution in [0.3, 0.4) is 0 Å². The van der Waals surface area contributed by atoms with E-state index in [-0.39, 0.29) is 11.7 Å². The van der Waals surface area contributed by atoms with Crippen LogP contribution in [0.1, 0.15) is 5.82 Å². The molecule has 1 aromatic heterocycles. The smallest absolute Gasteiger partial charge is 0.129 e. The first-order valence-corrected chi connectivity index (χ1v) is 6.63. The van der Waals surface area contributed by atoms with Gasteiger partial charge in [-0.25, -0.2) is 9.37 Å². The fraction of sp³-hybridized carbons (Fsp3) is 0.133. The summed E-state index contributed by atoms with van der Waals surface area (Å²) >= 11 is 5.96. The molecule has 0 bridgehead atoms. The fourth-order valence-corrected chi connectivity index (χ4v) is 2.40. The molecule has 0 atom stereocenters. The van der Waals surface area contributed by atoms with E-state index < -0.39 is 0 Å². The molecule has 5 heteroatoms. The van der Waals surface area contributed by atoms with Crippen LogP contribution >= 0.6 is 11.6 Å². The number of nitrogens with zero attached hydrogens (tertiary/aromatic N) is 2. The normalized spacial score (nSPS) is 10.9. The van der Waals surface area contributed by atoms with Crippen molar-refractivity contribution in [1.29, 1.82) is 0 Å². The Morgan fingerprint density at radius 2 is 2.10 bits per heavy atom. The van der Waals surface area contributed by atoms with Crippen LogP contribution in [-0.2, 0) is 5.88 Å². The third-order valence-corrected chi connectivity index (χ3v) is 3.36. The van der Waals surface area contributed by atoms with Crippen molar-refractivity contribution in [3.63, 3.8) is 0 Å². The molecule has 3 aromatic rings. The monoisotopic (exact) mass is 290 g/mol. The summed E-state index contributed by atoms with van der Waals surface area (Å²) in [6, 6.07) is 12.0. The van der Waals surface area contributed by atoms with E-state index in [0.29, 0.717) is 16.9 Å². The van der Waals surface area contributed by atoms with Gasteiger partial charge < -0.3 is 4.74 Å². The Hall–Kier alpha value is -2.07. The molecule has 102 valence electrons. The molecule has 0 saturated carbocycles. The lowest BCUT2D eigenvalue weighted by molar-refractivity contribution is 0.414. The second-order valence-electron chi connectivity index (χ2n) is 4.33. The summed E-state index contributed by atoms with van der Waals surface area (Å²) in [5, 5.41) is 0. The summed E-state index contributed by atoms with van der Waals surface area (Å²) in [6.45, 7) is 0. The maximum atomic E-state index is 13.5. The van der Waals surface area contributed by atoms with Crippen LogP contribution in [0.25, 0.3) is 16.7 Å². The number of aromatic nitrogens is 2. The second kappa shape index (κ2) is 5.13. The van der Waals surface area contributed by atoms with Gasteiger partial charge in [0.2, 0.25) is 0 Å². The number of imidazole rings is 1. The molecule has 3 nitrogen and oxygen atoms in total. The molecule has 3 rings (SSSR count). The van der Waals surface area contributed by atoms with E-state index in [1.165, 1.54) is 12.1 Å². The topological polar surface area (TPSA) is 27.1 Å². The number of methoxy groups -OCH3 is 1. The van der Waals surface area contributed by atoms with E-state index in [1.54, 1.807) is 13.2 Å². The van der Waals surface area contributed by atoms with Gasteiger partial charge in [-0.1, -0.05) is 6.07 Å². The number of rotatable bonds is 3. The van der Waals surface area contributed by atoms with E-state index in [1.807, 2.05) is 28.8 Å². The van der Waals surface area contributed by atoms with Gasteiger partial charge in [0.15, 0.2) is 0 Å². The van der Waals surface area contributed by atoms with Crippen molar-refractivity contribution >= 4 is 22.6 Å². The van der Waals surface area contributed by atoms with Gasteiger partial charge in [-0.15, -0.1) is 11.6 Å². The Labute approximate surface area is 120 Å². The number of benzene rings is 2. The van der Waals surface area contributed by atoms with Crippen molar-refractivity contribution in [1.82, 2.24) is 9.55 Å². The zero-order chi connectivity index (χ0) is 14.1. The molecule has 0 unspecified atom stereocenters. The average Bonchev–Trinajstić information content (AvgIpc) is 2.85. The Morgan fingerprint density at radius 3 is 2.85 bits per heavy atom. The molecule has 20 heavy (non-hydrogen) atoms. The molecule has 2 aromatic carbocycles. The van der Waals surface area contributed by atoms with Crippen molar-refractivity contribution in [3.8, 4) is 11.4 Å². The van der Waals surface area contributed by atoms with Crippen LogP contribution in [0.2, 0.25) is 0 Å². The lowest BCUT2D eigenvalue weighted by atomic mass is 10.2. The fourth-order valence-electron chi connectivity index (χ4n) is 2.23. The van der Waals surface area contributed by atoms with Gasteiger partial charge in [-0.05, 0) is 24.3 Å². The summed E-state index contributed by atoms with van der Waals surface area (Å²) in [5.41, 5.74) is 2.24. The summed E-state index contributed by atoms with van der Waals surface area (Å²) in [5.74, 6) is 1.33. The van der Waals surface area contributed by atoms with E-state index in [9.17, 15) is 4.39 Å². The molecule has 0 aliphatic carbocycles. The number of ether oxygens (including phenoxy) is 1. The quantitative estimate of drug-likeness (QED) is 0.684. The number of fused-ring (bicyclic) bond motifs is 1. The highest BCUT2D eigenvalue weighted by Gasteiger charge is 2.12. The highest BCUT2D eigenvalue weighted by atomic mass is 35.5. The predicted molar refractivity (Wildman–Crippen MR) is 77.1 cm³/mol. The van der Waals surface area contributed by atoms with Crippen LogP contribution in [0.4, 0.5) is 4.39 Å². The molecule has 1 heterocycles. The summed E-state index contributed by atoms with van der Waals surface area (Å²) in [7, 11) is 1.60. The lowest BCUT2D eigenvalue weighted by Crippen LogP contribution is -1.99. The maximum Gasteiger partial charge on any atom is 0.129 e. The minimum atomic E-state index is -0.303. The van der Waals surface area contributed by atoms with Crippen molar-refractivity contribution in [2.75, 3.05) is 7.11 Å². The molecule has 0 spiro atoms. The van der Waals surface area contributed by atoms with Gasteiger partial charge >= 0.3 is 0 Å². The molecule has 0 N–H and O–H groups in total. The standard InChI is InChI=1S/C15H12ClFN2O/c1-20-12-4-2-3-11(8-12)19-14-7-10(17)5-6-13(14)18-15(19)9-16/h2-8H,9H2,1H3. The average molecular weight is 291 g/mol. The van der Waals surface area contributed by atoms with Crippen LogP contribution in [0, 0.1) is 5.82 Å². The minimum Gasteiger partial charge on any atom is -0.497 e. The Bertz CT molecular complexity index is 770. The van der Waals surface area contributed by atoms with E-state index >= 15 is 0 Å². The van der Waals surface area contributed by atoms with Crippen LogP contribution in [0.5, 0.6) is 5.75 Å². The minimum absolute atomic E-state index is 0.244. The predicted octanol–water partition coefficient (Wildman–Crippen LogP) is 3.91. The van der Waals surface area contributed by atoms with Crippen molar-refractivity contribution in [2.24, 2.45) is 0 Å². The van der Waals surface area contributed by atoms with Crippen LogP contribution in [-0.4, -0.2) is 16.7 Å². The zero-order valence-corrected chi connectivity index (χ0v) is 11.6. The number of halogens is 2. The van der Waals surface area contributed by atoms with E-state index in [0.717, 1.165) is 11.4 Å². The van der Waals surface area contributed by atoms with Crippen LogP contribution < -0.4 is 4.74 Å². The summed E-state index contributed by atoms with van der Waals surface area (Å²) in [4.78, 5) is 4.43. The number of hydrogen-bond acceptors (Lipinski definition) is 2. The van der Waals surface area contributed by atoms with Crippen molar-refractivity contribution in [3.05, 3.63) is 54.1 Å². The molecule has 0 amide bonds. The maximum absolute atomic E-state index is 13.5. The van der Waals surface area contributed by atoms with Crippen molar-refractivity contribution < 1.29 is 9.13 Å². The summed E-state index contributed by atoms with van der Waals surface area (Å²) < 4.78 is 20.6. The number of hydrogen-bond donors (Lipinski definition) is 0. The zero-order valence-electron chi connectivity index (χ0n) is 10.8. The molecule has 0 aliphatic heterocycles. The molecule has 0 radical (unpaired) electrons. The van der Waals surface area contributed by atoms with Gasteiger partial charge in [0, 0.05) is 12.1 Å². The Balaban J connectivity index is 2.29. The SMILES string of the molecule is COc1cccc(-n2c(CCl)nc3ccc(F)cc32)c1. The first-order valence-electron chi connectivity index (χ1n) is 6.10. The first kappa shape index (κ1) is 12.9. The Kier molecular flexibility index (Phi) is 3.32. The third kappa shape index (κ3) is 2.12. The third-order valence-electron chi connectivity index (χ3n) is 3.12. The molecule has 0 fully saturated rings. The van der Waals surface area contributed by atoms with Gasteiger partial charge in [-0.2, -0.15) is 0 Å². The lowest BCUT2D eigenvalue weighted by Gasteiger charge is -2.09. The molecular weight excluding hydrogens is 279 g/mol. The largest absolute Gasteiger partial charge is 0.497 e. The number of alkyl halides is 1. The highest BCUT2D eigenvalue weighted by molar-refractivity contribution is 6.17. The summed E-state index contributed by atoms with van der Waals surface area (Å²) in [6.07, 6.45) is 0. The van der Waals surface area contributed by atoms with Gasteiger partial charge in [0.1, 0.15) is 17.4 Å². The van der Waals surface area contributed by atoms with Gasteiger partial charge in [-0.3, -0.25) is 4.57 Å².